The molecule has 3 nitrogen and oxygen atoms in total. The molecule has 1 saturated heterocycles. The largest absolute Gasteiger partial charge is 0.339 e. The molecule has 3 rings (SSSR count). The molecule has 1 aromatic rings. The monoisotopic (exact) mass is 314 g/mol. The maximum atomic E-state index is 12.8. The molecule has 0 spiro atoms. The van der Waals surface area contributed by atoms with Crippen molar-refractivity contribution >= 4 is 29.9 Å². The first-order chi connectivity index (χ1) is 9.12. The number of halogens is 2. The van der Waals surface area contributed by atoms with Crippen molar-refractivity contribution in [2.45, 2.75) is 31.2 Å². The number of hydrogen-bond donors (Lipinski definition) is 1. The van der Waals surface area contributed by atoms with Gasteiger partial charge in [0.1, 0.15) is 0 Å². The molecular weight excluding hydrogens is 295 g/mol. The van der Waals surface area contributed by atoms with E-state index in [0.29, 0.717) is 11.1 Å². The van der Waals surface area contributed by atoms with E-state index < -0.39 is 0 Å². The highest BCUT2D eigenvalue weighted by Crippen LogP contribution is 2.50. The Bertz CT molecular complexity index is 502. The third-order valence-electron chi connectivity index (χ3n) is 4.19. The van der Waals surface area contributed by atoms with Gasteiger partial charge in [0.05, 0.1) is 5.41 Å². The smallest absolute Gasteiger partial charge is 0.233 e. The fourth-order valence-electron chi connectivity index (χ4n) is 2.96. The topological polar surface area (TPSA) is 32.3 Å². The van der Waals surface area contributed by atoms with Gasteiger partial charge in [-0.3, -0.25) is 4.79 Å². The number of carbonyl (C=O) groups excluding carboxylic acids is 1. The van der Waals surface area contributed by atoms with Crippen LogP contribution in [0.15, 0.2) is 24.3 Å². The molecule has 20 heavy (non-hydrogen) atoms. The number of piperazine rings is 1. The molecule has 1 amide bonds. The van der Waals surface area contributed by atoms with Gasteiger partial charge in [0, 0.05) is 30.7 Å². The van der Waals surface area contributed by atoms with Gasteiger partial charge in [0.2, 0.25) is 5.91 Å². The molecule has 0 bridgehead atoms. The summed E-state index contributed by atoms with van der Waals surface area (Å²) >= 11 is 6.06. The molecule has 2 fully saturated rings. The molecule has 5 heteroatoms. The molecule has 1 saturated carbocycles. The summed E-state index contributed by atoms with van der Waals surface area (Å²) in [5.41, 5.74) is 0.790. The summed E-state index contributed by atoms with van der Waals surface area (Å²) < 4.78 is 0. The zero-order chi connectivity index (χ0) is 13.5. The molecule has 1 aliphatic carbocycles. The first-order valence-corrected chi connectivity index (χ1v) is 7.28. The van der Waals surface area contributed by atoms with Crippen LogP contribution in [-0.2, 0) is 10.2 Å². The summed E-state index contributed by atoms with van der Waals surface area (Å²) in [6, 6.07) is 8.15. The summed E-state index contributed by atoms with van der Waals surface area (Å²) in [4.78, 5) is 14.8. The van der Waals surface area contributed by atoms with Gasteiger partial charge in [0.25, 0.3) is 0 Å². The second-order valence-corrected chi connectivity index (χ2v) is 6.14. The highest BCUT2D eigenvalue weighted by Gasteiger charge is 2.53. The average Bonchev–Trinajstić information content (AvgIpc) is 3.19. The van der Waals surface area contributed by atoms with E-state index in [-0.39, 0.29) is 23.7 Å². The van der Waals surface area contributed by atoms with Crippen LogP contribution in [0.4, 0.5) is 0 Å². The van der Waals surface area contributed by atoms with E-state index in [1.54, 1.807) is 0 Å². The molecular formula is C15H20Cl2N2O. The molecule has 1 atom stereocenters. The van der Waals surface area contributed by atoms with Crippen LogP contribution >= 0.6 is 24.0 Å². The number of benzene rings is 1. The number of rotatable bonds is 2. The molecule has 1 heterocycles. The van der Waals surface area contributed by atoms with Crippen LogP contribution < -0.4 is 5.32 Å². The normalized spacial score (nSPS) is 23.9. The van der Waals surface area contributed by atoms with E-state index >= 15 is 0 Å². The van der Waals surface area contributed by atoms with Crippen molar-refractivity contribution in [3.05, 3.63) is 34.9 Å². The standard InChI is InChI=1S/C15H19ClN2O.ClH/c1-11-10-18(8-7-17-11)14(19)15(5-6-15)12-3-2-4-13(16)9-12;/h2-4,9,11,17H,5-8,10H2,1H3;1H. The minimum Gasteiger partial charge on any atom is -0.339 e. The summed E-state index contributed by atoms with van der Waals surface area (Å²) in [6.45, 7) is 4.63. The van der Waals surface area contributed by atoms with E-state index in [4.69, 9.17) is 11.6 Å². The maximum Gasteiger partial charge on any atom is 0.233 e. The van der Waals surface area contributed by atoms with Crippen LogP contribution in [-0.4, -0.2) is 36.5 Å². The number of amides is 1. The fraction of sp³-hybridized carbons (Fsp3) is 0.533. The predicted octanol–water partition coefficient (Wildman–Crippen LogP) is 2.61. The van der Waals surface area contributed by atoms with Crippen LogP contribution in [0.2, 0.25) is 5.02 Å². The number of nitrogens with one attached hydrogen (secondary N) is 1. The quantitative estimate of drug-likeness (QED) is 0.910. The Kier molecular flexibility index (Phi) is 4.62. The van der Waals surface area contributed by atoms with E-state index in [1.807, 2.05) is 29.2 Å². The first-order valence-electron chi connectivity index (χ1n) is 6.91. The van der Waals surface area contributed by atoms with E-state index in [1.165, 1.54) is 0 Å². The SMILES string of the molecule is CC1CN(C(=O)C2(c3cccc(Cl)c3)CC2)CCN1.Cl. The summed E-state index contributed by atoms with van der Waals surface area (Å²) in [6.07, 6.45) is 1.90. The van der Waals surface area contributed by atoms with Crippen molar-refractivity contribution < 1.29 is 4.79 Å². The number of nitrogens with zero attached hydrogens (tertiary/aromatic N) is 1. The Hall–Kier alpha value is -0.770. The van der Waals surface area contributed by atoms with Crippen LogP contribution in [0, 0.1) is 0 Å². The second kappa shape index (κ2) is 5.92. The maximum absolute atomic E-state index is 12.8. The van der Waals surface area contributed by atoms with Crippen molar-refractivity contribution in [2.75, 3.05) is 19.6 Å². The molecule has 1 N–H and O–H groups in total. The minimum absolute atomic E-state index is 0. The zero-order valence-electron chi connectivity index (χ0n) is 11.6. The lowest BCUT2D eigenvalue weighted by Gasteiger charge is -2.34. The van der Waals surface area contributed by atoms with Gasteiger partial charge in [-0.15, -0.1) is 12.4 Å². The van der Waals surface area contributed by atoms with Crippen LogP contribution in [0.3, 0.4) is 0 Å². The highest BCUT2D eigenvalue weighted by molar-refractivity contribution is 6.30. The Morgan fingerprint density at radius 3 is 2.80 bits per heavy atom. The third-order valence-corrected chi connectivity index (χ3v) is 4.43. The van der Waals surface area contributed by atoms with Crippen molar-refractivity contribution in [1.82, 2.24) is 10.2 Å². The van der Waals surface area contributed by atoms with Crippen molar-refractivity contribution in [2.24, 2.45) is 0 Å². The molecule has 110 valence electrons. The second-order valence-electron chi connectivity index (χ2n) is 5.70. The van der Waals surface area contributed by atoms with Crippen LogP contribution in [0.25, 0.3) is 0 Å². The molecule has 1 aliphatic heterocycles. The number of carbonyl (C=O) groups is 1. The van der Waals surface area contributed by atoms with Gasteiger partial charge in [-0.05, 0) is 37.5 Å². The van der Waals surface area contributed by atoms with Crippen LogP contribution in [0.5, 0.6) is 0 Å². The van der Waals surface area contributed by atoms with Crippen molar-refractivity contribution in [3.63, 3.8) is 0 Å². The summed E-state index contributed by atoms with van der Waals surface area (Å²) in [7, 11) is 0. The Morgan fingerprint density at radius 2 is 2.20 bits per heavy atom. The molecule has 2 aliphatic rings. The lowest BCUT2D eigenvalue weighted by atomic mass is 9.94. The lowest BCUT2D eigenvalue weighted by molar-refractivity contribution is -0.135. The Balaban J connectivity index is 0.00000147. The van der Waals surface area contributed by atoms with Gasteiger partial charge in [-0.2, -0.15) is 0 Å². The van der Waals surface area contributed by atoms with Gasteiger partial charge in [-0.25, -0.2) is 0 Å². The number of hydrogen-bond acceptors (Lipinski definition) is 2. The molecule has 0 aromatic heterocycles. The lowest BCUT2D eigenvalue weighted by Crippen LogP contribution is -2.53. The predicted molar refractivity (Wildman–Crippen MR) is 83.7 cm³/mol. The van der Waals surface area contributed by atoms with E-state index in [9.17, 15) is 4.79 Å². The van der Waals surface area contributed by atoms with Gasteiger partial charge in [-0.1, -0.05) is 23.7 Å². The first kappa shape index (κ1) is 15.6. The van der Waals surface area contributed by atoms with Crippen molar-refractivity contribution in [1.29, 1.82) is 0 Å². The summed E-state index contributed by atoms with van der Waals surface area (Å²) in [5, 5.41) is 4.09. The zero-order valence-corrected chi connectivity index (χ0v) is 13.1. The van der Waals surface area contributed by atoms with Gasteiger partial charge >= 0.3 is 0 Å². The fourth-order valence-corrected chi connectivity index (χ4v) is 3.15. The molecule has 0 radical (unpaired) electrons. The average molecular weight is 315 g/mol. The molecule has 1 unspecified atom stereocenters. The van der Waals surface area contributed by atoms with Crippen molar-refractivity contribution in [3.8, 4) is 0 Å². The van der Waals surface area contributed by atoms with E-state index in [0.717, 1.165) is 38.0 Å². The van der Waals surface area contributed by atoms with Gasteiger partial charge < -0.3 is 10.2 Å². The Labute approximate surface area is 131 Å². The minimum atomic E-state index is -0.290. The van der Waals surface area contributed by atoms with Gasteiger partial charge in [0.15, 0.2) is 0 Å². The summed E-state index contributed by atoms with van der Waals surface area (Å²) in [5.74, 6) is 0.281. The van der Waals surface area contributed by atoms with Crippen LogP contribution in [0.1, 0.15) is 25.3 Å². The third kappa shape index (κ3) is 2.80. The highest BCUT2D eigenvalue weighted by atomic mass is 35.5. The molecule has 1 aromatic carbocycles. The van der Waals surface area contributed by atoms with E-state index in [2.05, 4.69) is 12.2 Å². The Morgan fingerprint density at radius 1 is 1.45 bits per heavy atom.